The number of halogens is 2. The van der Waals surface area contributed by atoms with Gasteiger partial charge in [0.05, 0.1) is 11.4 Å². The number of hydrogen-bond donors (Lipinski definition) is 1. The number of ether oxygens (including phenoxy) is 1. The van der Waals surface area contributed by atoms with Crippen molar-refractivity contribution in [3.8, 4) is 5.75 Å². The molecule has 0 heterocycles. The minimum absolute atomic E-state index is 0.0312. The average Bonchev–Trinajstić information content (AvgIpc) is 2.11. The molecule has 1 atom stereocenters. The Labute approximate surface area is 91.4 Å². The SMILES string of the molecule is C[C@H](CC(=O)O)Oc1cccc(Cl)c1F. The lowest BCUT2D eigenvalue weighted by atomic mass is 10.3. The second-order valence-electron chi connectivity index (χ2n) is 3.08. The first-order valence-corrected chi connectivity index (χ1v) is 4.71. The highest BCUT2D eigenvalue weighted by Gasteiger charge is 2.13. The number of carboxylic acids is 1. The molecule has 0 amide bonds. The molecule has 1 aromatic rings. The van der Waals surface area contributed by atoms with Crippen LogP contribution in [-0.4, -0.2) is 17.2 Å². The van der Waals surface area contributed by atoms with Gasteiger partial charge in [0.15, 0.2) is 11.6 Å². The molecule has 0 aliphatic heterocycles. The molecule has 82 valence electrons. The topological polar surface area (TPSA) is 46.5 Å². The van der Waals surface area contributed by atoms with Crippen LogP contribution < -0.4 is 4.74 Å². The van der Waals surface area contributed by atoms with E-state index in [1.54, 1.807) is 6.92 Å². The number of benzene rings is 1. The van der Waals surface area contributed by atoms with Gasteiger partial charge in [-0.2, -0.15) is 0 Å². The lowest BCUT2D eigenvalue weighted by molar-refractivity contribution is -0.138. The Morgan fingerprint density at radius 2 is 2.33 bits per heavy atom. The molecular weight excluding hydrogens is 223 g/mol. The number of aliphatic carboxylic acids is 1. The summed E-state index contributed by atoms with van der Waals surface area (Å²) in [6, 6.07) is 4.33. The molecule has 0 aliphatic carbocycles. The van der Waals surface area contributed by atoms with Crippen LogP contribution in [0.3, 0.4) is 0 Å². The maximum atomic E-state index is 13.3. The van der Waals surface area contributed by atoms with Gasteiger partial charge in [0, 0.05) is 0 Å². The van der Waals surface area contributed by atoms with Gasteiger partial charge in [0.25, 0.3) is 0 Å². The van der Waals surface area contributed by atoms with Crippen molar-refractivity contribution < 1.29 is 19.0 Å². The van der Waals surface area contributed by atoms with Crippen molar-refractivity contribution in [3.05, 3.63) is 29.0 Å². The Morgan fingerprint density at radius 1 is 1.67 bits per heavy atom. The van der Waals surface area contributed by atoms with E-state index in [0.29, 0.717) is 0 Å². The molecule has 0 fully saturated rings. The molecule has 3 nitrogen and oxygen atoms in total. The highest BCUT2D eigenvalue weighted by molar-refractivity contribution is 6.30. The Bertz CT molecular complexity index is 368. The molecule has 0 unspecified atom stereocenters. The summed E-state index contributed by atoms with van der Waals surface area (Å²) in [5.74, 6) is -1.70. The minimum Gasteiger partial charge on any atom is -0.487 e. The number of carbonyl (C=O) groups is 1. The number of rotatable bonds is 4. The predicted molar refractivity (Wildman–Crippen MR) is 53.8 cm³/mol. The Balaban J connectivity index is 2.72. The first-order chi connectivity index (χ1) is 7.00. The van der Waals surface area contributed by atoms with Crippen LogP contribution in [0.15, 0.2) is 18.2 Å². The summed E-state index contributed by atoms with van der Waals surface area (Å²) in [5, 5.41) is 8.44. The second-order valence-corrected chi connectivity index (χ2v) is 3.49. The number of hydrogen-bond acceptors (Lipinski definition) is 2. The highest BCUT2D eigenvalue weighted by Crippen LogP contribution is 2.25. The van der Waals surface area contributed by atoms with Crippen molar-refractivity contribution in [1.82, 2.24) is 0 Å². The smallest absolute Gasteiger partial charge is 0.307 e. The van der Waals surface area contributed by atoms with Crippen molar-refractivity contribution in [2.24, 2.45) is 0 Å². The van der Waals surface area contributed by atoms with E-state index in [2.05, 4.69) is 0 Å². The van der Waals surface area contributed by atoms with Gasteiger partial charge in [-0.25, -0.2) is 4.39 Å². The molecule has 15 heavy (non-hydrogen) atoms. The average molecular weight is 233 g/mol. The van der Waals surface area contributed by atoms with Gasteiger partial charge in [-0.05, 0) is 19.1 Å². The molecule has 0 aromatic heterocycles. The zero-order chi connectivity index (χ0) is 11.4. The zero-order valence-corrected chi connectivity index (χ0v) is 8.79. The van der Waals surface area contributed by atoms with Gasteiger partial charge in [-0.3, -0.25) is 4.79 Å². The van der Waals surface area contributed by atoms with Crippen LogP contribution in [0.2, 0.25) is 5.02 Å². The summed E-state index contributed by atoms with van der Waals surface area (Å²) in [6.07, 6.45) is -0.790. The fraction of sp³-hybridized carbons (Fsp3) is 0.300. The van der Waals surface area contributed by atoms with Crippen molar-refractivity contribution in [2.45, 2.75) is 19.4 Å². The summed E-state index contributed by atoms with van der Waals surface area (Å²) >= 11 is 5.53. The number of carboxylic acid groups (broad SMARTS) is 1. The van der Waals surface area contributed by atoms with Crippen molar-refractivity contribution >= 4 is 17.6 Å². The summed E-state index contributed by atoms with van der Waals surface area (Å²) in [7, 11) is 0. The molecule has 0 bridgehead atoms. The molecule has 0 radical (unpaired) electrons. The van der Waals surface area contributed by atoms with Gasteiger partial charge in [0.1, 0.15) is 6.10 Å². The fourth-order valence-corrected chi connectivity index (χ4v) is 1.25. The fourth-order valence-electron chi connectivity index (χ4n) is 1.08. The first-order valence-electron chi connectivity index (χ1n) is 4.33. The largest absolute Gasteiger partial charge is 0.487 e. The molecule has 5 heteroatoms. The third-order valence-corrected chi connectivity index (χ3v) is 2.00. The van der Waals surface area contributed by atoms with Crippen LogP contribution in [0.1, 0.15) is 13.3 Å². The van der Waals surface area contributed by atoms with Crippen LogP contribution in [-0.2, 0) is 4.79 Å². The third kappa shape index (κ3) is 3.40. The summed E-state index contributed by atoms with van der Waals surface area (Å²) < 4.78 is 18.4. The Morgan fingerprint density at radius 3 is 2.93 bits per heavy atom. The first kappa shape index (κ1) is 11.8. The van der Waals surface area contributed by atoms with Gasteiger partial charge in [-0.15, -0.1) is 0 Å². The van der Waals surface area contributed by atoms with E-state index in [9.17, 15) is 9.18 Å². The van der Waals surface area contributed by atoms with Gasteiger partial charge >= 0.3 is 5.97 Å². The minimum atomic E-state index is -0.995. The molecule has 1 aromatic carbocycles. The van der Waals surface area contributed by atoms with Crippen molar-refractivity contribution in [3.63, 3.8) is 0 Å². The van der Waals surface area contributed by atoms with E-state index >= 15 is 0 Å². The van der Waals surface area contributed by atoms with E-state index in [1.807, 2.05) is 0 Å². The standard InChI is InChI=1S/C10H10ClFO3/c1-6(5-9(13)14)15-8-4-2-3-7(11)10(8)12/h2-4,6H,5H2,1H3,(H,13,14)/t6-/m1/s1. The molecule has 0 spiro atoms. The van der Waals surface area contributed by atoms with E-state index in [4.69, 9.17) is 21.4 Å². The molecule has 0 saturated heterocycles. The molecule has 0 aliphatic rings. The molecule has 0 saturated carbocycles. The summed E-state index contributed by atoms with van der Waals surface area (Å²) in [4.78, 5) is 10.4. The molecular formula is C10H10ClFO3. The second kappa shape index (κ2) is 4.98. The summed E-state index contributed by atoms with van der Waals surface area (Å²) in [6.45, 7) is 1.55. The van der Waals surface area contributed by atoms with E-state index in [0.717, 1.165) is 0 Å². The predicted octanol–water partition coefficient (Wildman–Crippen LogP) is 2.72. The zero-order valence-electron chi connectivity index (χ0n) is 8.04. The van der Waals surface area contributed by atoms with Crippen LogP contribution in [0.4, 0.5) is 4.39 Å². The third-order valence-electron chi connectivity index (χ3n) is 1.71. The lowest BCUT2D eigenvalue weighted by Gasteiger charge is -2.13. The molecule has 1 rings (SSSR count). The lowest BCUT2D eigenvalue weighted by Crippen LogP contribution is -2.17. The van der Waals surface area contributed by atoms with E-state index < -0.39 is 17.9 Å². The van der Waals surface area contributed by atoms with E-state index in [1.165, 1.54) is 18.2 Å². The maximum Gasteiger partial charge on any atom is 0.307 e. The normalized spacial score (nSPS) is 12.2. The maximum absolute atomic E-state index is 13.3. The van der Waals surface area contributed by atoms with Gasteiger partial charge in [-0.1, -0.05) is 17.7 Å². The molecule has 1 N–H and O–H groups in total. The monoisotopic (exact) mass is 232 g/mol. The van der Waals surface area contributed by atoms with Crippen LogP contribution in [0.25, 0.3) is 0 Å². The quantitative estimate of drug-likeness (QED) is 0.868. The summed E-state index contributed by atoms with van der Waals surface area (Å²) in [5.41, 5.74) is 0. The van der Waals surface area contributed by atoms with Crippen molar-refractivity contribution in [2.75, 3.05) is 0 Å². The van der Waals surface area contributed by atoms with Crippen LogP contribution in [0.5, 0.6) is 5.75 Å². The Hall–Kier alpha value is -1.29. The van der Waals surface area contributed by atoms with E-state index in [-0.39, 0.29) is 17.2 Å². The van der Waals surface area contributed by atoms with Crippen LogP contribution >= 0.6 is 11.6 Å². The van der Waals surface area contributed by atoms with Crippen molar-refractivity contribution in [1.29, 1.82) is 0 Å². The van der Waals surface area contributed by atoms with Gasteiger partial charge < -0.3 is 9.84 Å². The highest BCUT2D eigenvalue weighted by atomic mass is 35.5. The Kier molecular flexibility index (Phi) is 3.91. The van der Waals surface area contributed by atoms with Gasteiger partial charge in [0.2, 0.25) is 0 Å². The van der Waals surface area contributed by atoms with Crippen LogP contribution in [0, 0.1) is 5.82 Å².